The van der Waals surface area contributed by atoms with Crippen molar-refractivity contribution < 1.29 is 14.4 Å². The monoisotopic (exact) mass is 457 g/mol. The number of hydrogen-bond acceptors (Lipinski definition) is 4. The van der Waals surface area contributed by atoms with Crippen LogP contribution in [0.4, 0.5) is 16.2 Å². The second-order valence-electron chi connectivity index (χ2n) is 9.71. The van der Waals surface area contributed by atoms with Gasteiger partial charge in [-0.1, -0.05) is 25.1 Å². The fourth-order valence-corrected chi connectivity index (χ4v) is 4.96. The summed E-state index contributed by atoms with van der Waals surface area (Å²) in [4.78, 5) is 41.9. The summed E-state index contributed by atoms with van der Waals surface area (Å²) in [5.41, 5.74) is 6.23. The second-order valence-corrected chi connectivity index (χ2v) is 9.71. The number of urea groups is 1. The summed E-state index contributed by atoms with van der Waals surface area (Å²) in [6, 6.07) is 10.7. The molecule has 2 aromatic carbocycles. The molecule has 6 nitrogen and oxygen atoms in total. The highest BCUT2D eigenvalue weighted by Gasteiger charge is 2.37. The van der Waals surface area contributed by atoms with E-state index in [-0.39, 0.29) is 11.1 Å². The number of rotatable bonds is 4. The van der Waals surface area contributed by atoms with Crippen LogP contribution in [0.5, 0.6) is 0 Å². The molecule has 2 aromatic rings. The minimum Gasteiger partial charge on any atom is -0.362 e. The normalized spacial score (nSPS) is 18.7. The van der Waals surface area contributed by atoms with Crippen LogP contribution in [0.3, 0.4) is 0 Å². The number of fused-ring (bicyclic) bond motifs is 1. The molecular weight excluding hydrogens is 426 g/mol. The average molecular weight is 458 g/mol. The summed E-state index contributed by atoms with van der Waals surface area (Å²) >= 11 is 0. The van der Waals surface area contributed by atoms with E-state index in [1.165, 1.54) is 0 Å². The van der Waals surface area contributed by atoms with Crippen LogP contribution in [-0.2, 0) is 9.59 Å². The molecule has 0 saturated carbocycles. The van der Waals surface area contributed by atoms with Gasteiger partial charge in [0.15, 0.2) is 0 Å². The maximum atomic E-state index is 13.3. The molecule has 1 N–H and O–H groups in total. The molecule has 2 aliphatic heterocycles. The standard InChI is InChI=1S/C28H31N3O3/c1-7-10-30-24-9-8-20(14-22(24)19(4)16-28(30,5)6)15-23-25(32)29-27(34)31(26(23)33)21-12-17(2)11-18(3)13-21/h8-9,11-16H,7,10H2,1-6H3,(H,29,32,34)/b23-15-. The van der Waals surface area contributed by atoms with Gasteiger partial charge in [0, 0.05) is 17.8 Å². The van der Waals surface area contributed by atoms with Crippen molar-refractivity contribution in [1.29, 1.82) is 0 Å². The summed E-state index contributed by atoms with van der Waals surface area (Å²) in [6.45, 7) is 13.4. The topological polar surface area (TPSA) is 69.7 Å². The molecule has 2 heterocycles. The number of anilines is 2. The lowest BCUT2D eigenvalue weighted by atomic mass is 9.87. The molecule has 1 saturated heterocycles. The van der Waals surface area contributed by atoms with Crippen LogP contribution in [0.25, 0.3) is 11.6 Å². The molecule has 34 heavy (non-hydrogen) atoms. The van der Waals surface area contributed by atoms with Crippen molar-refractivity contribution in [3.63, 3.8) is 0 Å². The zero-order valence-electron chi connectivity index (χ0n) is 20.7. The first-order chi connectivity index (χ1) is 16.0. The molecule has 0 radical (unpaired) electrons. The number of amides is 4. The van der Waals surface area contributed by atoms with Gasteiger partial charge in [-0.3, -0.25) is 14.9 Å². The number of barbiturate groups is 1. The number of allylic oxidation sites excluding steroid dienone is 1. The van der Waals surface area contributed by atoms with Crippen molar-refractivity contribution in [3.8, 4) is 0 Å². The molecule has 2 aliphatic rings. The minimum atomic E-state index is -0.737. The summed E-state index contributed by atoms with van der Waals surface area (Å²) in [6.07, 6.45) is 4.84. The molecule has 0 atom stereocenters. The number of benzene rings is 2. The van der Waals surface area contributed by atoms with E-state index >= 15 is 0 Å². The predicted octanol–water partition coefficient (Wildman–Crippen LogP) is 5.38. The number of nitrogens with zero attached hydrogens (tertiary/aromatic N) is 2. The fourth-order valence-electron chi connectivity index (χ4n) is 4.96. The number of hydrogen-bond donors (Lipinski definition) is 1. The van der Waals surface area contributed by atoms with Crippen LogP contribution in [0.15, 0.2) is 48.0 Å². The van der Waals surface area contributed by atoms with Crippen molar-refractivity contribution in [2.24, 2.45) is 0 Å². The molecule has 176 valence electrons. The van der Waals surface area contributed by atoms with Crippen molar-refractivity contribution in [2.75, 3.05) is 16.3 Å². The van der Waals surface area contributed by atoms with Gasteiger partial charge in [0.25, 0.3) is 11.8 Å². The number of carbonyl (C=O) groups excluding carboxylic acids is 3. The Morgan fingerprint density at radius 1 is 0.971 bits per heavy atom. The molecule has 0 aromatic heterocycles. The Balaban J connectivity index is 1.75. The number of imide groups is 2. The zero-order valence-corrected chi connectivity index (χ0v) is 20.7. The lowest BCUT2D eigenvalue weighted by Gasteiger charge is -2.43. The third-order valence-electron chi connectivity index (χ3n) is 6.33. The van der Waals surface area contributed by atoms with Crippen LogP contribution in [0.1, 0.15) is 56.4 Å². The average Bonchev–Trinajstić information content (AvgIpc) is 2.73. The van der Waals surface area contributed by atoms with E-state index < -0.39 is 17.8 Å². The van der Waals surface area contributed by atoms with Gasteiger partial charge in [0.2, 0.25) is 0 Å². The Labute approximate surface area is 200 Å². The molecular formula is C28H31N3O3. The second kappa shape index (κ2) is 8.60. The van der Waals surface area contributed by atoms with Crippen LogP contribution >= 0.6 is 0 Å². The molecule has 0 spiro atoms. The Morgan fingerprint density at radius 2 is 1.65 bits per heavy atom. The summed E-state index contributed by atoms with van der Waals surface area (Å²) in [5, 5.41) is 2.31. The number of aryl methyl sites for hydroxylation is 2. The molecule has 4 rings (SSSR count). The summed E-state index contributed by atoms with van der Waals surface area (Å²) in [5.74, 6) is -1.31. The van der Waals surface area contributed by atoms with Gasteiger partial charge in [-0.2, -0.15) is 0 Å². The molecule has 6 heteroatoms. The predicted molar refractivity (Wildman–Crippen MR) is 137 cm³/mol. The van der Waals surface area contributed by atoms with E-state index in [4.69, 9.17) is 0 Å². The zero-order chi connectivity index (χ0) is 24.8. The van der Waals surface area contributed by atoms with Crippen molar-refractivity contribution in [1.82, 2.24) is 5.32 Å². The quantitative estimate of drug-likeness (QED) is 0.494. The molecule has 0 bridgehead atoms. The van der Waals surface area contributed by atoms with Gasteiger partial charge in [0.1, 0.15) is 5.57 Å². The summed E-state index contributed by atoms with van der Waals surface area (Å²) < 4.78 is 0. The van der Waals surface area contributed by atoms with Gasteiger partial charge in [-0.25, -0.2) is 9.69 Å². The molecule has 4 amide bonds. The highest BCUT2D eigenvalue weighted by atomic mass is 16.2. The van der Waals surface area contributed by atoms with Crippen molar-refractivity contribution in [2.45, 2.75) is 53.5 Å². The minimum absolute atomic E-state index is 0.0677. The summed E-state index contributed by atoms with van der Waals surface area (Å²) in [7, 11) is 0. The Hall–Kier alpha value is -3.67. The number of nitrogens with one attached hydrogen (secondary N) is 1. The Kier molecular flexibility index (Phi) is 5.94. The first-order valence-electron chi connectivity index (χ1n) is 11.6. The van der Waals surface area contributed by atoms with E-state index in [1.54, 1.807) is 18.2 Å². The lowest BCUT2D eigenvalue weighted by Crippen LogP contribution is -2.54. The van der Waals surface area contributed by atoms with Crippen LogP contribution < -0.4 is 15.1 Å². The third-order valence-corrected chi connectivity index (χ3v) is 6.33. The SMILES string of the molecule is CCCN1c2ccc(/C=C3/C(=O)NC(=O)N(c4cc(C)cc(C)c4)C3=O)cc2C(C)=CC1(C)C. The Morgan fingerprint density at radius 3 is 2.29 bits per heavy atom. The van der Waals surface area contributed by atoms with E-state index in [2.05, 4.69) is 44.0 Å². The first-order valence-corrected chi connectivity index (χ1v) is 11.6. The Bertz CT molecular complexity index is 1250. The van der Waals surface area contributed by atoms with Gasteiger partial charge < -0.3 is 4.90 Å². The van der Waals surface area contributed by atoms with E-state index in [1.807, 2.05) is 38.1 Å². The molecule has 0 unspecified atom stereocenters. The lowest BCUT2D eigenvalue weighted by molar-refractivity contribution is -0.122. The van der Waals surface area contributed by atoms with Gasteiger partial charge >= 0.3 is 6.03 Å². The van der Waals surface area contributed by atoms with E-state index in [9.17, 15) is 14.4 Å². The molecule has 0 aliphatic carbocycles. The van der Waals surface area contributed by atoms with E-state index in [0.29, 0.717) is 5.69 Å². The highest BCUT2D eigenvalue weighted by Crippen LogP contribution is 2.39. The van der Waals surface area contributed by atoms with Gasteiger partial charge in [0.05, 0.1) is 11.2 Å². The first kappa shape index (κ1) is 23.5. The number of carbonyl (C=O) groups is 3. The highest BCUT2D eigenvalue weighted by molar-refractivity contribution is 6.39. The smallest absolute Gasteiger partial charge is 0.335 e. The maximum absolute atomic E-state index is 13.3. The van der Waals surface area contributed by atoms with Crippen LogP contribution in [0.2, 0.25) is 0 Å². The largest absolute Gasteiger partial charge is 0.362 e. The van der Waals surface area contributed by atoms with Gasteiger partial charge in [-0.05, 0) is 93.6 Å². The molecule has 1 fully saturated rings. The van der Waals surface area contributed by atoms with Crippen molar-refractivity contribution >= 4 is 40.9 Å². The third kappa shape index (κ3) is 4.16. The van der Waals surface area contributed by atoms with E-state index in [0.717, 1.165) is 51.4 Å². The van der Waals surface area contributed by atoms with Crippen LogP contribution in [0, 0.1) is 13.8 Å². The maximum Gasteiger partial charge on any atom is 0.335 e. The van der Waals surface area contributed by atoms with Crippen LogP contribution in [-0.4, -0.2) is 29.9 Å². The fraction of sp³-hybridized carbons (Fsp3) is 0.321. The van der Waals surface area contributed by atoms with Gasteiger partial charge in [-0.15, -0.1) is 0 Å². The van der Waals surface area contributed by atoms with Crippen molar-refractivity contribution in [3.05, 3.63) is 70.3 Å².